The fourth-order valence-electron chi connectivity index (χ4n) is 2.50. The fourth-order valence-corrected chi connectivity index (χ4v) is 2.50. The number of hydrogen-bond acceptors (Lipinski definition) is 4. The minimum Gasteiger partial charge on any atom is -0.489 e. The number of carbonyl (C=O) groups excluding carboxylic acids is 1. The van der Waals surface area contributed by atoms with E-state index in [-0.39, 0.29) is 18.2 Å². The van der Waals surface area contributed by atoms with Crippen LogP contribution in [0.1, 0.15) is 49.5 Å². The molecule has 0 saturated carbocycles. The second-order valence-corrected chi connectivity index (χ2v) is 6.45. The van der Waals surface area contributed by atoms with Gasteiger partial charge in [-0.1, -0.05) is 43.7 Å². The average Bonchev–Trinajstić information content (AvgIpc) is 2.66. The minimum absolute atomic E-state index is 0.183. The SMILES string of the molecule is CCC[C@H](C)OC[C@H](C)OC(=O)c1ccc(OCc2ccccc2)cc1. The first-order valence-corrected chi connectivity index (χ1v) is 9.18. The van der Waals surface area contributed by atoms with Crippen LogP contribution in [0.15, 0.2) is 54.6 Å². The summed E-state index contributed by atoms with van der Waals surface area (Å²) in [5.41, 5.74) is 1.60. The van der Waals surface area contributed by atoms with Gasteiger partial charge >= 0.3 is 5.97 Å². The van der Waals surface area contributed by atoms with Crippen LogP contribution in [0.3, 0.4) is 0 Å². The lowest BCUT2D eigenvalue weighted by Gasteiger charge is -2.17. The molecule has 0 spiro atoms. The maximum absolute atomic E-state index is 12.2. The van der Waals surface area contributed by atoms with Crippen molar-refractivity contribution in [1.29, 1.82) is 0 Å². The standard InChI is InChI=1S/C22H28O4/c1-4-8-17(2)24-15-18(3)26-22(23)20-11-13-21(14-12-20)25-16-19-9-6-5-7-10-19/h5-7,9-14,17-18H,4,8,15-16H2,1-3H3/t17-,18-/m0/s1. The molecule has 0 bridgehead atoms. The van der Waals surface area contributed by atoms with Gasteiger partial charge in [-0.15, -0.1) is 0 Å². The first-order valence-electron chi connectivity index (χ1n) is 9.18. The summed E-state index contributed by atoms with van der Waals surface area (Å²) in [5, 5.41) is 0. The van der Waals surface area contributed by atoms with E-state index < -0.39 is 0 Å². The van der Waals surface area contributed by atoms with Crippen molar-refractivity contribution in [2.45, 2.75) is 52.4 Å². The van der Waals surface area contributed by atoms with Crippen LogP contribution in [0, 0.1) is 0 Å². The van der Waals surface area contributed by atoms with Crippen molar-refractivity contribution in [2.75, 3.05) is 6.61 Å². The van der Waals surface area contributed by atoms with Gasteiger partial charge in [0.05, 0.1) is 18.3 Å². The predicted molar refractivity (Wildman–Crippen MR) is 102 cm³/mol. The number of esters is 1. The molecule has 4 heteroatoms. The minimum atomic E-state index is -0.348. The van der Waals surface area contributed by atoms with E-state index in [1.807, 2.05) is 44.2 Å². The Bertz CT molecular complexity index is 652. The molecule has 0 aliphatic carbocycles. The Morgan fingerprint density at radius 3 is 2.31 bits per heavy atom. The van der Waals surface area contributed by atoms with Crippen molar-refractivity contribution in [3.8, 4) is 5.75 Å². The molecule has 2 atom stereocenters. The summed E-state index contributed by atoms with van der Waals surface area (Å²) in [4.78, 5) is 12.2. The van der Waals surface area contributed by atoms with Crippen LogP contribution < -0.4 is 4.74 Å². The molecule has 140 valence electrons. The molecule has 0 fully saturated rings. The molecule has 0 saturated heterocycles. The molecule has 2 aromatic rings. The van der Waals surface area contributed by atoms with Crippen LogP contribution >= 0.6 is 0 Å². The van der Waals surface area contributed by atoms with Gasteiger partial charge in [-0.3, -0.25) is 0 Å². The molecule has 2 rings (SSSR count). The largest absolute Gasteiger partial charge is 0.489 e. The molecule has 0 amide bonds. The van der Waals surface area contributed by atoms with E-state index >= 15 is 0 Å². The van der Waals surface area contributed by atoms with E-state index in [1.165, 1.54) is 0 Å². The molecule has 26 heavy (non-hydrogen) atoms. The summed E-state index contributed by atoms with van der Waals surface area (Å²) in [6, 6.07) is 16.9. The maximum atomic E-state index is 12.2. The quantitative estimate of drug-likeness (QED) is 0.561. The van der Waals surface area contributed by atoms with Gasteiger partial charge in [0.2, 0.25) is 0 Å². The van der Waals surface area contributed by atoms with Gasteiger partial charge in [0.15, 0.2) is 0 Å². The van der Waals surface area contributed by atoms with Gasteiger partial charge < -0.3 is 14.2 Å². The Morgan fingerprint density at radius 2 is 1.65 bits per heavy atom. The van der Waals surface area contributed by atoms with Crippen molar-refractivity contribution in [3.05, 3.63) is 65.7 Å². The summed E-state index contributed by atoms with van der Waals surface area (Å²) in [5.74, 6) is 0.369. The van der Waals surface area contributed by atoms with E-state index in [0.29, 0.717) is 18.8 Å². The summed E-state index contributed by atoms with van der Waals surface area (Å²) in [7, 11) is 0. The van der Waals surface area contributed by atoms with Gasteiger partial charge in [0, 0.05) is 0 Å². The molecular weight excluding hydrogens is 328 g/mol. The highest BCUT2D eigenvalue weighted by atomic mass is 16.6. The summed E-state index contributed by atoms with van der Waals surface area (Å²) < 4.78 is 16.8. The van der Waals surface area contributed by atoms with E-state index in [0.717, 1.165) is 24.2 Å². The van der Waals surface area contributed by atoms with E-state index in [1.54, 1.807) is 24.3 Å². The fraction of sp³-hybridized carbons (Fsp3) is 0.409. The zero-order valence-electron chi connectivity index (χ0n) is 15.8. The van der Waals surface area contributed by atoms with Crippen LogP contribution in [-0.2, 0) is 16.1 Å². The van der Waals surface area contributed by atoms with Gasteiger partial charge in [0.1, 0.15) is 18.5 Å². The highest BCUT2D eigenvalue weighted by Gasteiger charge is 2.13. The van der Waals surface area contributed by atoms with Gasteiger partial charge in [-0.05, 0) is 50.1 Å². The molecule has 0 N–H and O–H groups in total. The second kappa shape index (κ2) is 10.6. The smallest absolute Gasteiger partial charge is 0.338 e. The van der Waals surface area contributed by atoms with Crippen molar-refractivity contribution in [3.63, 3.8) is 0 Å². The lowest BCUT2D eigenvalue weighted by Crippen LogP contribution is -2.23. The van der Waals surface area contributed by atoms with Crippen molar-refractivity contribution < 1.29 is 19.0 Å². The second-order valence-electron chi connectivity index (χ2n) is 6.45. The third kappa shape index (κ3) is 6.89. The van der Waals surface area contributed by atoms with Crippen LogP contribution in [0.25, 0.3) is 0 Å². The third-order valence-electron chi connectivity index (χ3n) is 3.96. The topological polar surface area (TPSA) is 44.8 Å². The number of carbonyl (C=O) groups is 1. The van der Waals surface area contributed by atoms with E-state index in [2.05, 4.69) is 6.92 Å². The average molecular weight is 356 g/mol. The summed E-state index contributed by atoms with van der Waals surface area (Å²) in [6.45, 7) is 6.90. The summed E-state index contributed by atoms with van der Waals surface area (Å²) in [6.07, 6.45) is 1.98. The molecule has 4 nitrogen and oxygen atoms in total. The molecule has 0 radical (unpaired) electrons. The van der Waals surface area contributed by atoms with Crippen LogP contribution in [-0.4, -0.2) is 24.8 Å². The Labute approximate surface area is 156 Å². The van der Waals surface area contributed by atoms with Crippen molar-refractivity contribution in [1.82, 2.24) is 0 Å². The third-order valence-corrected chi connectivity index (χ3v) is 3.96. The monoisotopic (exact) mass is 356 g/mol. The Balaban J connectivity index is 1.78. The Kier molecular flexibility index (Phi) is 8.16. The zero-order chi connectivity index (χ0) is 18.8. The van der Waals surface area contributed by atoms with Crippen LogP contribution in [0.2, 0.25) is 0 Å². The van der Waals surface area contributed by atoms with Gasteiger partial charge in [-0.2, -0.15) is 0 Å². The molecule has 0 unspecified atom stereocenters. The van der Waals surface area contributed by atoms with Crippen LogP contribution in [0.4, 0.5) is 0 Å². The lowest BCUT2D eigenvalue weighted by molar-refractivity contribution is -0.0199. The molecule has 0 aliphatic heterocycles. The molecular formula is C22H28O4. The molecule has 0 heterocycles. The predicted octanol–water partition coefficient (Wildman–Crippen LogP) is 5.02. The summed E-state index contributed by atoms with van der Waals surface area (Å²) >= 11 is 0. The van der Waals surface area contributed by atoms with E-state index in [9.17, 15) is 4.79 Å². The number of hydrogen-bond donors (Lipinski definition) is 0. The Morgan fingerprint density at radius 1 is 0.962 bits per heavy atom. The maximum Gasteiger partial charge on any atom is 0.338 e. The lowest BCUT2D eigenvalue weighted by atomic mass is 10.2. The van der Waals surface area contributed by atoms with Crippen LogP contribution in [0.5, 0.6) is 5.75 Å². The first kappa shape index (κ1) is 20.0. The highest BCUT2D eigenvalue weighted by molar-refractivity contribution is 5.89. The molecule has 0 aromatic heterocycles. The number of ether oxygens (including phenoxy) is 3. The number of benzene rings is 2. The Hall–Kier alpha value is -2.33. The highest BCUT2D eigenvalue weighted by Crippen LogP contribution is 2.15. The molecule has 2 aromatic carbocycles. The zero-order valence-corrected chi connectivity index (χ0v) is 15.8. The number of rotatable bonds is 10. The van der Waals surface area contributed by atoms with Crippen molar-refractivity contribution >= 4 is 5.97 Å². The first-order chi connectivity index (χ1) is 12.6. The van der Waals surface area contributed by atoms with E-state index in [4.69, 9.17) is 14.2 Å². The molecule has 0 aliphatic rings. The van der Waals surface area contributed by atoms with Gasteiger partial charge in [-0.25, -0.2) is 4.79 Å². The normalized spacial score (nSPS) is 13.0. The van der Waals surface area contributed by atoms with Gasteiger partial charge in [0.25, 0.3) is 0 Å². The van der Waals surface area contributed by atoms with Crippen molar-refractivity contribution in [2.24, 2.45) is 0 Å².